The van der Waals surface area contributed by atoms with E-state index in [0.29, 0.717) is 61.5 Å². The maximum absolute atomic E-state index is 14.9. The molecule has 4 rings (SSSR count). The number of unbranched alkanes of at least 4 members (excludes halogenated alkanes) is 1. The van der Waals surface area contributed by atoms with Crippen LogP contribution < -0.4 is 9.47 Å². The van der Waals surface area contributed by atoms with E-state index in [1.165, 1.54) is 18.2 Å². The minimum Gasteiger partial charge on any atom is -0.494 e. The average Bonchev–Trinajstić information content (AvgIpc) is 2.92. The fraction of sp³-hybridized carbons (Fsp3) is 0.387. The third-order valence-electron chi connectivity index (χ3n) is 6.90. The molecule has 202 valence electrons. The molecule has 4 nitrogen and oxygen atoms in total. The van der Waals surface area contributed by atoms with Crippen LogP contribution in [0.25, 0.3) is 11.1 Å². The minimum absolute atomic E-state index is 0.00229. The van der Waals surface area contributed by atoms with Crippen molar-refractivity contribution in [2.24, 2.45) is 0 Å². The van der Waals surface area contributed by atoms with Crippen LogP contribution in [0.4, 0.5) is 13.2 Å². The summed E-state index contributed by atoms with van der Waals surface area (Å²) in [6.07, 6.45) is 3.78. The van der Waals surface area contributed by atoms with E-state index in [2.05, 4.69) is 6.92 Å². The van der Waals surface area contributed by atoms with Crippen molar-refractivity contribution in [2.45, 2.75) is 64.4 Å². The molecule has 38 heavy (non-hydrogen) atoms. The molecule has 0 spiro atoms. The Morgan fingerprint density at radius 2 is 1.55 bits per heavy atom. The molecule has 1 saturated carbocycles. The van der Waals surface area contributed by atoms with E-state index in [1.807, 2.05) is 6.92 Å². The van der Waals surface area contributed by atoms with Crippen molar-refractivity contribution in [2.75, 3.05) is 13.2 Å². The first-order chi connectivity index (χ1) is 18.4. The lowest BCUT2D eigenvalue weighted by Crippen LogP contribution is -2.25. The van der Waals surface area contributed by atoms with Crippen molar-refractivity contribution < 1.29 is 32.2 Å². The van der Waals surface area contributed by atoms with E-state index < -0.39 is 29.3 Å². The molecular weight excluding hydrogens is 493 g/mol. The fourth-order valence-electron chi connectivity index (χ4n) is 4.80. The Balaban J connectivity index is 1.36. The van der Waals surface area contributed by atoms with Gasteiger partial charge in [-0.25, -0.2) is 18.0 Å². The Labute approximate surface area is 221 Å². The zero-order valence-electron chi connectivity index (χ0n) is 21.8. The van der Waals surface area contributed by atoms with Gasteiger partial charge in [0.2, 0.25) is 0 Å². The number of ether oxygens (including phenoxy) is 3. The van der Waals surface area contributed by atoms with Gasteiger partial charge >= 0.3 is 5.97 Å². The SMILES string of the molecule is CCCCOc1ccc(-c2ccc(C(=O)OC3CCC(c4ccc(OCC)cc4F)CC3)c(F)c2F)cc1. The molecule has 0 heterocycles. The Hall–Kier alpha value is -3.48. The molecule has 0 saturated heterocycles. The maximum Gasteiger partial charge on any atom is 0.341 e. The lowest BCUT2D eigenvalue weighted by Gasteiger charge is -2.29. The molecule has 0 atom stereocenters. The quantitative estimate of drug-likeness (QED) is 0.197. The molecule has 7 heteroatoms. The van der Waals surface area contributed by atoms with E-state index in [-0.39, 0.29) is 17.3 Å². The molecule has 0 radical (unpaired) electrons. The second-order valence-corrected chi connectivity index (χ2v) is 9.51. The van der Waals surface area contributed by atoms with Crippen LogP contribution in [-0.4, -0.2) is 25.3 Å². The molecule has 0 N–H and O–H groups in total. The molecule has 3 aromatic rings. The summed E-state index contributed by atoms with van der Waals surface area (Å²) in [4.78, 5) is 12.7. The lowest BCUT2D eigenvalue weighted by molar-refractivity contribution is 0.0188. The number of esters is 1. The predicted molar refractivity (Wildman–Crippen MR) is 140 cm³/mol. The van der Waals surface area contributed by atoms with Crippen LogP contribution >= 0.6 is 0 Å². The fourth-order valence-corrected chi connectivity index (χ4v) is 4.80. The van der Waals surface area contributed by atoms with Crippen LogP contribution in [0.15, 0.2) is 54.6 Å². The summed E-state index contributed by atoms with van der Waals surface area (Å²) in [6, 6.07) is 14.2. The molecule has 0 aromatic heterocycles. The van der Waals surface area contributed by atoms with Crippen molar-refractivity contribution in [1.29, 1.82) is 0 Å². The van der Waals surface area contributed by atoms with Crippen LogP contribution in [0.2, 0.25) is 0 Å². The highest BCUT2D eigenvalue weighted by Crippen LogP contribution is 2.37. The normalized spacial score (nSPS) is 17.2. The second-order valence-electron chi connectivity index (χ2n) is 9.51. The summed E-state index contributed by atoms with van der Waals surface area (Å²) in [6.45, 7) is 4.97. The summed E-state index contributed by atoms with van der Waals surface area (Å²) in [5.41, 5.74) is 0.703. The smallest absolute Gasteiger partial charge is 0.341 e. The Kier molecular flexibility index (Phi) is 9.32. The van der Waals surface area contributed by atoms with E-state index >= 15 is 0 Å². The van der Waals surface area contributed by atoms with Crippen molar-refractivity contribution in [3.05, 3.63) is 83.2 Å². The third kappa shape index (κ3) is 6.50. The highest BCUT2D eigenvalue weighted by molar-refractivity contribution is 5.90. The predicted octanol–water partition coefficient (Wildman–Crippen LogP) is 8.23. The highest BCUT2D eigenvalue weighted by Gasteiger charge is 2.28. The van der Waals surface area contributed by atoms with Gasteiger partial charge in [0.25, 0.3) is 0 Å². The van der Waals surface area contributed by atoms with Gasteiger partial charge in [0.05, 0.1) is 18.8 Å². The van der Waals surface area contributed by atoms with E-state index in [4.69, 9.17) is 14.2 Å². The van der Waals surface area contributed by atoms with E-state index in [9.17, 15) is 18.0 Å². The summed E-state index contributed by atoms with van der Waals surface area (Å²) in [5.74, 6) is -2.41. The van der Waals surface area contributed by atoms with Crippen molar-refractivity contribution in [3.8, 4) is 22.6 Å². The first-order valence-electron chi connectivity index (χ1n) is 13.3. The van der Waals surface area contributed by atoms with Gasteiger partial charge in [-0.05, 0) is 80.3 Å². The zero-order valence-corrected chi connectivity index (χ0v) is 21.8. The molecular formula is C31H33F3O4. The van der Waals surface area contributed by atoms with Crippen LogP contribution in [-0.2, 0) is 4.74 Å². The third-order valence-corrected chi connectivity index (χ3v) is 6.90. The Bertz CT molecular complexity index is 1230. The number of carbonyl (C=O) groups is 1. The Morgan fingerprint density at radius 1 is 0.842 bits per heavy atom. The summed E-state index contributed by atoms with van der Waals surface area (Å²) >= 11 is 0. The van der Waals surface area contributed by atoms with Gasteiger partial charge in [-0.15, -0.1) is 0 Å². The molecule has 1 fully saturated rings. The lowest BCUT2D eigenvalue weighted by atomic mass is 9.82. The number of rotatable bonds is 10. The summed E-state index contributed by atoms with van der Waals surface area (Å²) in [7, 11) is 0. The van der Waals surface area contributed by atoms with Crippen molar-refractivity contribution in [3.63, 3.8) is 0 Å². The second kappa shape index (κ2) is 12.9. The van der Waals surface area contributed by atoms with Gasteiger partial charge < -0.3 is 14.2 Å². The van der Waals surface area contributed by atoms with Gasteiger partial charge in [0.15, 0.2) is 11.6 Å². The molecule has 0 aliphatic heterocycles. The molecule has 3 aromatic carbocycles. The van der Waals surface area contributed by atoms with Gasteiger partial charge in [-0.1, -0.05) is 37.6 Å². The topological polar surface area (TPSA) is 44.8 Å². The largest absolute Gasteiger partial charge is 0.494 e. The number of benzene rings is 3. The zero-order chi connectivity index (χ0) is 27.1. The molecule has 0 unspecified atom stereocenters. The molecule has 0 bridgehead atoms. The number of carbonyl (C=O) groups excluding carboxylic acids is 1. The molecule has 0 amide bonds. The number of hydrogen-bond donors (Lipinski definition) is 0. The minimum atomic E-state index is -1.24. The van der Waals surface area contributed by atoms with Crippen LogP contribution in [0.1, 0.15) is 74.2 Å². The average molecular weight is 527 g/mol. The van der Waals surface area contributed by atoms with E-state index in [0.717, 1.165) is 12.8 Å². The van der Waals surface area contributed by atoms with Gasteiger partial charge in [-0.2, -0.15) is 0 Å². The monoisotopic (exact) mass is 526 g/mol. The van der Waals surface area contributed by atoms with Gasteiger partial charge in [-0.3, -0.25) is 0 Å². The van der Waals surface area contributed by atoms with Crippen molar-refractivity contribution in [1.82, 2.24) is 0 Å². The number of halogens is 3. The summed E-state index contributed by atoms with van der Waals surface area (Å²) < 4.78 is 60.9. The van der Waals surface area contributed by atoms with E-state index in [1.54, 1.807) is 36.4 Å². The van der Waals surface area contributed by atoms with Crippen LogP contribution in [0, 0.1) is 17.5 Å². The first-order valence-corrected chi connectivity index (χ1v) is 13.3. The van der Waals surface area contributed by atoms with Crippen molar-refractivity contribution >= 4 is 5.97 Å². The molecule has 1 aliphatic carbocycles. The summed E-state index contributed by atoms with van der Waals surface area (Å²) in [5, 5.41) is 0. The highest BCUT2D eigenvalue weighted by atomic mass is 19.2. The van der Waals surface area contributed by atoms with Crippen LogP contribution in [0.3, 0.4) is 0 Å². The van der Waals surface area contributed by atoms with Gasteiger partial charge in [0.1, 0.15) is 23.4 Å². The standard InChI is InChI=1S/C31H33F3O4/c1-3-5-18-37-22-10-6-21(7-11-22)26-16-17-27(30(34)29(26)33)31(35)38-23-12-8-20(9-13-23)25-15-14-24(36-4-2)19-28(25)32/h6-7,10-11,14-17,19-20,23H,3-5,8-9,12-13,18H2,1-2H3. The first kappa shape index (κ1) is 27.6. The van der Waals surface area contributed by atoms with Crippen LogP contribution in [0.5, 0.6) is 11.5 Å². The number of hydrogen-bond acceptors (Lipinski definition) is 4. The maximum atomic E-state index is 14.9. The molecule has 1 aliphatic rings. The van der Waals surface area contributed by atoms with Gasteiger partial charge in [0, 0.05) is 11.6 Å². The Morgan fingerprint density at radius 3 is 2.21 bits per heavy atom.